The number of benzene rings is 1. The molecule has 1 fully saturated rings. The topological polar surface area (TPSA) is 29.0 Å². The normalized spacial score (nSPS) is 18.8. The standard InChI is InChI=1S/C16H15N3S/c1-2-7-15-14(6-1)18-16(20-15)19-10-8-12(11-19)13-5-3-4-9-17-13/h1-7,9,12H,8,10-11H2. The molecule has 2 aromatic heterocycles. The van der Waals surface area contributed by atoms with E-state index in [0.29, 0.717) is 5.92 Å². The average Bonchev–Trinajstić information content (AvgIpc) is 3.14. The van der Waals surface area contributed by atoms with Crippen LogP contribution in [-0.4, -0.2) is 23.1 Å². The van der Waals surface area contributed by atoms with Crippen LogP contribution >= 0.6 is 11.3 Å². The van der Waals surface area contributed by atoms with Crippen molar-refractivity contribution in [2.75, 3.05) is 18.0 Å². The summed E-state index contributed by atoms with van der Waals surface area (Å²) in [6.45, 7) is 2.10. The lowest BCUT2D eigenvalue weighted by molar-refractivity contribution is 0.744. The van der Waals surface area contributed by atoms with E-state index < -0.39 is 0 Å². The number of hydrogen-bond donors (Lipinski definition) is 0. The van der Waals surface area contributed by atoms with Gasteiger partial charge in [-0.15, -0.1) is 0 Å². The van der Waals surface area contributed by atoms with Gasteiger partial charge in [0.1, 0.15) is 0 Å². The zero-order valence-electron chi connectivity index (χ0n) is 11.1. The number of anilines is 1. The number of hydrogen-bond acceptors (Lipinski definition) is 4. The predicted molar refractivity (Wildman–Crippen MR) is 83.4 cm³/mol. The molecule has 3 heterocycles. The first-order valence-corrected chi connectivity index (χ1v) is 7.73. The summed E-state index contributed by atoms with van der Waals surface area (Å²) in [5.41, 5.74) is 2.31. The van der Waals surface area contributed by atoms with Crippen LogP contribution in [0.5, 0.6) is 0 Å². The fourth-order valence-electron chi connectivity index (χ4n) is 2.79. The Morgan fingerprint density at radius 2 is 2.00 bits per heavy atom. The SMILES string of the molecule is c1ccc(C2CCN(c3nc4ccccc4s3)C2)nc1. The van der Waals surface area contributed by atoms with E-state index in [1.807, 2.05) is 18.3 Å². The first kappa shape index (κ1) is 11.9. The van der Waals surface area contributed by atoms with E-state index in [9.17, 15) is 0 Å². The summed E-state index contributed by atoms with van der Waals surface area (Å²) in [6, 6.07) is 14.5. The van der Waals surface area contributed by atoms with Gasteiger partial charge in [-0.1, -0.05) is 29.5 Å². The molecule has 0 bridgehead atoms. The van der Waals surface area contributed by atoms with Crippen LogP contribution in [0.4, 0.5) is 5.13 Å². The molecule has 1 saturated heterocycles. The molecule has 1 unspecified atom stereocenters. The molecule has 0 aliphatic carbocycles. The first-order valence-electron chi connectivity index (χ1n) is 6.91. The van der Waals surface area contributed by atoms with Crippen LogP contribution in [0, 0.1) is 0 Å². The molecule has 0 N–H and O–H groups in total. The summed E-state index contributed by atoms with van der Waals surface area (Å²) in [4.78, 5) is 11.6. The van der Waals surface area contributed by atoms with Crippen LogP contribution in [0.15, 0.2) is 48.7 Å². The van der Waals surface area contributed by atoms with Gasteiger partial charge in [0.05, 0.1) is 10.2 Å². The largest absolute Gasteiger partial charge is 0.347 e. The Morgan fingerprint density at radius 3 is 2.85 bits per heavy atom. The van der Waals surface area contributed by atoms with Gasteiger partial charge in [-0.25, -0.2) is 4.98 Å². The van der Waals surface area contributed by atoms with E-state index in [0.717, 1.165) is 30.2 Å². The lowest BCUT2D eigenvalue weighted by Gasteiger charge is -2.14. The van der Waals surface area contributed by atoms with Crippen LogP contribution in [0.25, 0.3) is 10.2 Å². The summed E-state index contributed by atoms with van der Waals surface area (Å²) in [7, 11) is 0. The van der Waals surface area contributed by atoms with Crippen LogP contribution < -0.4 is 4.90 Å². The zero-order chi connectivity index (χ0) is 13.4. The highest BCUT2D eigenvalue weighted by molar-refractivity contribution is 7.22. The van der Waals surface area contributed by atoms with Crippen molar-refractivity contribution in [3.05, 3.63) is 54.4 Å². The Hall–Kier alpha value is -1.94. The molecule has 20 heavy (non-hydrogen) atoms. The lowest BCUT2D eigenvalue weighted by atomic mass is 10.0. The van der Waals surface area contributed by atoms with E-state index in [1.165, 1.54) is 10.4 Å². The van der Waals surface area contributed by atoms with Crippen molar-refractivity contribution < 1.29 is 0 Å². The number of fused-ring (bicyclic) bond motifs is 1. The van der Waals surface area contributed by atoms with Crippen molar-refractivity contribution in [3.63, 3.8) is 0 Å². The molecule has 4 rings (SSSR count). The Labute approximate surface area is 121 Å². The second-order valence-corrected chi connectivity index (χ2v) is 6.16. The fourth-order valence-corrected chi connectivity index (χ4v) is 3.79. The molecular weight excluding hydrogens is 266 g/mol. The van der Waals surface area contributed by atoms with E-state index in [-0.39, 0.29) is 0 Å². The Kier molecular flexibility index (Phi) is 2.89. The van der Waals surface area contributed by atoms with E-state index in [2.05, 4.69) is 40.2 Å². The maximum atomic E-state index is 4.75. The summed E-state index contributed by atoms with van der Waals surface area (Å²) >= 11 is 1.79. The van der Waals surface area contributed by atoms with E-state index in [4.69, 9.17) is 4.98 Å². The highest BCUT2D eigenvalue weighted by atomic mass is 32.1. The molecule has 100 valence electrons. The van der Waals surface area contributed by atoms with Crippen molar-refractivity contribution in [2.24, 2.45) is 0 Å². The van der Waals surface area contributed by atoms with Gasteiger partial charge in [0, 0.05) is 30.9 Å². The molecule has 0 amide bonds. The molecule has 3 nitrogen and oxygen atoms in total. The Balaban J connectivity index is 1.59. The highest BCUT2D eigenvalue weighted by Gasteiger charge is 2.26. The number of thiazole rings is 1. The van der Waals surface area contributed by atoms with Crippen LogP contribution in [0.3, 0.4) is 0 Å². The molecule has 0 radical (unpaired) electrons. The second-order valence-electron chi connectivity index (χ2n) is 5.15. The van der Waals surface area contributed by atoms with Gasteiger partial charge in [0.15, 0.2) is 5.13 Å². The quantitative estimate of drug-likeness (QED) is 0.717. The highest BCUT2D eigenvalue weighted by Crippen LogP contribution is 2.34. The summed E-state index contributed by atoms with van der Waals surface area (Å²) in [6.07, 6.45) is 3.04. The molecular formula is C16H15N3S. The minimum absolute atomic E-state index is 0.531. The van der Waals surface area contributed by atoms with Crippen LogP contribution in [0.1, 0.15) is 18.0 Å². The minimum Gasteiger partial charge on any atom is -0.347 e. The minimum atomic E-state index is 0.531. The van der Waals surface area contributed by atoms with Crippen molar-refractivity contribution in [3.8, 4) is 0 Å². The number of para-hydroxylation sites is 1. The Morgan fingerprint density at radius 1 is 1.10 bits per heavy atom. The third-order valence-electron chi connectivity index (χ3n) is 3.85. The Bertz CT molecular complexity index is 690. The van der Waals surface area contributed by atoms with Crippen LogP contribution in [-0.2, 0) is 0 Å². The lowest BCUT2D eigenvalue weighted by Crippen LogP contribution is -2.18. The number of nitrogens with zero attached hydrogens (tertiary/aromatic N) is 3. The maximum absolute atomic E-state index is 4.75. The van der Waals surface area contributed by atoms with Gasteiger partial charge in [-0.2, -0.15) is 0 Å². The third kappa shape index (κ3) is 2.06. The summed E-state index contributed by atoms with van der Waals surface area (Å²) < 4.78 is 1.27. The molecule has 4 heteroatoms. The predicted octanol–water partition coefficient (Wildman–Crippen LogP) is 3.69. The second kappa shape index (κ2) is 4.87. The van der Waals surface area contributed by atoms with Gasteiger partial charge < -0.3 is 4.90 Å². The van der Waals surface area contributed by atoms with Crippen molar-refractivity contribution in [1.82, 2.24) is 9.97 Å². The monoisotopic (exact) mass is 281 g/mol. The molecule has 3 aromatic rings. The van der Waals surface area contributed by atoms with E-state index in [1.54, 1.807) is 11.3 Å². The molecule has 1 aliphatic rings. The van der Waals surface area contributed by atoms with Crippen molar-refractivity contribution in [1.29, 1.82) is 0 Å². The maximum Gasteiger partial charge on any atom is 0.186 e. The zero-order valence-corrected chi connectivity index (χ0v) is 11.9. The first-order chi connectivity index (χ1) is 9.90. The number of aromatic nitrogens is 2. The van der Waals surface area contributed by atoms with Crippen LogP contribution in [0.2, 0.25) is 0 Å². The van der Waals surface area contributed by atoms with Gasteiger partial charge in [-0.3, -0.25) is 4.98 Å². The van der Waals surface area contributed by atoms with Gasteiger partial charge in [0.2, 0.25) is 0 Å². The van der Waals surface area contributed by atoms with Gasteiger partial charge in [0.25, 0.3) is 0 Å². The third-order valence-corrected chi connectivity index (χ3v) is 4.94. The number of rotatable bonds is 2. The van der Waals surface area contributed by atoms with Crippen molar-refractivity contribution >= 4 is 26.7 Å². The average molecular weight is 281 g/mol. The summed E-state index contributed by atoms with van der Waals surface area (Å²) in [5, 5.41) is 1.14. The summed E-state index contributed by atoms with van der Waals surface area (Å²) in [5.74, 6) is 0.531. The number of pyridine rings is 1. The molecule has 1 atom stereocenters. The molecule has 0 spiro atoms. The smallest absolute Gasteiger partial charge is 0.186 e. The van der Waals surface area contributed by atoms with Gasteiger partial charge >= 0.3 is 0 Å². The molecule has 1 aromatic carbocycles. The van der Waals surface area contributed by atoms with E-state index >= 15 is 0 Å². The fraction of sp³-hybridized carbons (Fsp3) is 0.250. The molecule has 1 aliphatic heterocycles. The van der Waals surface area contributed by atoms with Gasteiger partial charge in [-0.05, 0) is 30.7 Å². The molecule has 0 saturated carbocycles. The van der Waals surface area contributed by atoms with Crippen molar-refractivity contribution in [2.45, 2.75) is 12.3 Å².